The topological polar surface area (TPSA) is 79.8 Å². The predicted molar refractivity (Wildman–Crippen MR) is 135 cm³/mol. The van der Waals surface area contributed by atoms with E-state index in [0.717, 1.165) is 69.9 Å². The Balaban J connectivity index is 1.23. The van der Waals surface area contributed by atoms with Crippen LogP contribution >= 0.6 is 0 Å². The van der Waals surface area contributed by atoms with E-state index in [4.69, 9.17) is 9.47 Å². The van der Waals surface area contributed by atoms with Gasteiger partial charge in [0.25, 0.3) is 5.91 Å². The summed E-state index contributed by atoms with van der Waals surface area (Å²) in [6.45, 7) is 8.69. The van der Waals surface area contributed by atoms with Crippen LogP contribution in [0.4, 0.5) is 5.82 Å². The van der Waals surface area contributed by atoms with E-state index in [1.165, 1.54) is 16.7 Å². The summed E-state index contributed by atoms with van der Waals surface area (Å²) >= 11 is 0. The lowest BCUT2D eigenvalue weighted by Gasteiger charge is -2.38. The second kappa shape index (κ2) is 10.6. The number of carbonyl (C=O) groups excluding carboxylic acids is 1. The van der Waals surface area contributed by atoms with Crippen LogP contribution in [0.3, 0.4) is 0 Å². The van der Waals surface area contributed by atoms with Crippen molar-refractivity contribution in [2.45, 2.75) is 64.3 Å². The number of methoxy groups -OCH3 is 1. The first-order chi connectivity index (χ1) is 17.0. The average molecular weight is 480 g/mol. The Kier molecular flexibility index (Phi) is 7.32. The van der Waals surface area contributed by atoms with E-state index in [9.17, 15) is 4.79 Å². The van der Waals surface area contributed by atoms with Gasteiger partial charge in [-0.2, -0.15) is 0 Å². The van der Waals surface area contributed by atoms with Gasteiger partial charge in [-0.3, -0.25) is 4.79 Å². The predicted octanol–water partition coefficient (Wildman–Crippen LogP) is 2.65. The van der Waals surface area contributed by atoms with Crippen molar-refractivity contribution in [3.8, 4) is 0 Å². The number of carbonyl (C=O) groups is 1. The third kappa shape index (κ3) is 5.20. The van der Waals surface area contributed by atoms with Crippen molar-refractivity contribution < 1.29 is 14.3 Å². The monoisotopic (exact) mass is 479 g/mol. The minimum Gasteiger partial charge on any atom is -0.379 e. The molecule has 0 saturated carbocycles. The Hall–Kier alpha value is -2.55. The van der Waals surface area contributed by atoms with Crippen molar-refractivity contribution in [3.05, 3.63) is 52.5 Å². The van der Waals surface area contributed by atoms with Crippen molar-refractivity contribution in [2.24, 2.45) is 0 Å². The van der Waals surface area contributed by atoms with Crippen LogP contribution in [0.2, 0.25) is 0 Å². The zero-order chi connectivity index (χ0) is 24.4. The van der Waals surface area contributed by atoms with E-state index < -0.39 is 0 Å². The normalized spacial score (nSPS) is 23.3. The van der Waals surface area contributed by atoms with E-state index in [0.29, 0.717) is 24.4 Å². The summed E-state index contributed by atoms with van der Waals surface area (Å²) in [7, 11) is 1.75. The van der Waals surface area contributed by atoms with Crippen molar-refractivity contribution in [2.75, 3.05) is 44.9 Å². The maximum Gasteiger partial charge on any atom is 0.272 e. The third-order valence-electron chi connectivity index (χ3n) is 7.77. The van der Waals surface area contributed by atoms with Crippen LogP contribution in [0.15, 0.2) is 24.5 Å². The number of amides is 1. The summed E-state index contributed by atoms with van der Waals surface area (Å²) in [5, 5.41) is 3.76. The Morgan fingerprint density at radius 1 is 1.11 bits per heavy atom. The van der Waals surface area contributed by atoms with Crippen LogP contribution in [0.25, 0.3) is 0 Å². The molecule has 2 fully saturated rings. The first-order valence-corrected chi connectivity index (χ1v) is 12.8. The number of ether oxygens (including phenoxy) is 2. The number of benzene rings is 1. The highest BCUT2D eigenvalue weighted by atomic mass is 16.5. The minimum atomic E-state index is 0.0127. The molecule has 0 radical (unpaired) electrons. The van der Waals surface area contributed by atoms with Gasteiger partial charge in [0, 0.05) is 57.5 Å². The number of nitrogens with one attached hydrogen (secondary N) is 1. The van der Waals surface area contributed by atoms with Gasteiger partial charge in [0.15, 0.2) is 0 Å². The molecule has 1 aromatic heterocycles. The molecule has 0 bridgehead atoms. The molecule has 1 aromatic carbocycles. The molecule has 4 heterocycles. The molecule has 2 saturated heterocycles. The van der Waals surface area contributed by atoms with Crippen molar-refractivity contribution in [1.82, 2.24) is 20.2 Å². The lowest BCUT2D eigenvalue weighted by molar-refractivity contribution is -0.0533. The molecule has 1 amide bonds. The van der Waals surface area contributed by atoms with Crippen molar-refractivity contribution >= 4 is 11.7 Å². The van der Waals surface area contributed by atoms with Crippen molar-refractivity contribution in [1.29, 1.82) is 0 Å². The highest BCUT2D eigenvalue weighted by molar-refractivity contribution is 5.94. The lowest BCUT2D eigenvalue weighted by Crippen LogP contribution is -2.54. The molecule has 3 aliphatic heterocycles. The maximum atomic E-state index is 13.5. The number of anilines is 1. The fourth-order valence-corrected chi connectivity index (χ4v) is 5.68. The number of fused-ring (bicyclic) bond motifs is 1. The summed E-state index contributed by atoms with van der Waals surface area (Å²) in [5.41, 5.74) is 5.42. The van der Waals surface area contributed by atoms with E-state index in [2.05, 4.69) is 45.3 Å². The molecule has 0 spiro atoms. The number of rotatable bonds is 5. The number of hydrogen-bond donors (Lipinski definition) is 1. The average Bonchev–Trinajstić information content (AvgIpc) is 2.89. The SMILES string of the molecule is CO[C@@H]1COCC[C@@H]1NC1CCN(C(=O)c2ncnc(N3CCc4ccc(C)cc4C3)c2C)CC1. The molecule has 5 rings (SSSR count). The second-order valence-corrected chi connectivity index (χ2v) is 10.1. The van der Waals surface area contributed by atoms with Gasteiger partial charge >= 0.3 is 0 Å². The van der Waals surface area contributed by atoms with Gasteiger partial charge in [-0.05, 0) is 50.7 Å². The molecule has 3 aliphatic rings. The first-order valence-electron chi connectivity index (χ1n) is 12.8. The fraction of sp³-hybridized carbons (Fsp3) is 0.593. The molecule has 35 heavy (non-hydrogen) atoms. The largest absolute Gasteiger partial charge is 0.379 e. The lowest BCUT2D eigenvalue weighted by atomic mass is 9.97. The van der Waals surface area contributed by atoms with Gasteiger partial charge in [0.2, 0.25) is 0 Å². The summed E-state index contributed by atoms with van der Waals surface area (Å²) in [4.78, 5) is 26.7. The fourth-order valence-electron chi connectivity index (χ4n) is 5.68. The number of hydrogen-bond acceptors (Lipinski definition) is 7. The Morgan fingerprint density at radius 3 is 2.74 bits per heavy atom. The van der Waals surface area contributed by atoms with Gasteiger partial charge in [-0.25, -0.2) is 9.97 Å². The van der Waals surface area contributed by atoms with Crippen LogP contribution in [-0.2, 0) is 22.4 Å². The second-order valence-electron chi connectivity index (χ2n) is 10.1. The van der Waals surface area contributed by atoms with E-state index in [-0.39, 0.29) is 12.0 Å². The number of aryl methyl sites for hydroxylation is 1. The summed E-state index contributed by atoms with van der Waals surface area (Å²) in [6, 6.07) is 7.38. The maximum absolute atomic E-state index is 13.5. The van der Waals surface area contributed by atoms with E-state index in [1.807, 2.05) is 11.8 Å². The standard InChI is InChI=1S/C27H37N5O3/c1-18-4-5-20-6-10-32(15-21(20)14-18)26-19(2)25(28-17-29-26)27(33)31-11-7-22(8-12-31)30-23-9-13-35-16-24(23)34-3/h4-5,14,17,22-24,30H,6-13,15-16H2,1-3H3/t23-,24+/m0/s1. The Morgan fingerprint density at radius 2 is 1.94 bits per heavy atom. The summed E-state index contributed by atoms with van der Waals surface area (Å²) in [5.74, 6) is 0.885. The Bertz CT molecular complexity index is 1050. The molecular formula is C27H37N5O3. The van der Waals surface area contributed by atoms with Crippen LogP contribution < -0.4 is 10.2 Å². The molecule has 1 N–H and O–H groups in total. The zero-order valence-electron chi connectivity index (χ0n) is 21.1. The van der Waals surface area contributed by atoms with Gasteiger partial charge in [0.1, 0.15) is 17.8 Å². The van der Waals surface area contributed by atoms with Crippen LogP contribution in [-0.4, -0.2) is 78.9 Å². The summed E-state index contributed by atoms with van der Waals surface area (Å²) in [6.07, 6.45) is 5.45. The third-order valence-corrected chi connectivity index (χ3v) is 7.77. The minimum absolute atomic E-state index is 0.0127. The van der Waals surface area contributed by atoms with Crippen LogP contribution in [0.1, 0.15) is 52.0 Å². The molecule has 0 unspecified atom stereocenters. The highest BCUT2D eigenvalue weighted by Crippen LogP contribution is 2.28. The molecule has 8 heteroatoms. The number of piperidine rings is 1. The molecule has 2 atom stereocenters. The molecule has 0 aliphatic carbocycles. The van der Waals surface area contributed by atoms with Crippen molar-refractivity contribution in [3.63, 3.8) is 0 Å². The van der Waals surface area contributed by atoms with Gasteiger partial charge in [0.05, 0.1) is 12.7 Å². The van der Waals surface area contributed by atoms with Crippen LogP contribution in [0.5, 0.6) is 0 Å². The van der Waals surface area contributed by atoms with Gasteiger partial charge in [-0.1, -0.05) is 23.8 Å². The molecule has 2 aromatic rings. The van der Waals surface area contributed by atoms with Crippen LogP contribution in [0, 0.1) is 13.8 Å². The Labute approximate surface area is 208 Å². The van der Waals surface area contributed by atoms with E-state index >= 15 is 0 Å². The molecule has 188 valence electrons. The number of nitrogens with zero attached hydrogens (tertiary/aromatic N) is 4. The molecule has 8 nitrogen and oxygen atoms in total. The van der Waals surface area contributed by atoms with Gasteiger partial charge in [-0.15, -0.1) is 0 Å². The van der Waals surface area contributed by atoms with E-state index in [1.54, 1.807) is 13.4 Å². The first kappa shape index (κ1) is 24.2. The quantitative estimate of drug-likeness (QED) is 0.706. The van der Waals surface area contributed by atoms with Gasteiger partial charge < -0.3 is 24.6 Å². The zero-order valence-corrected chi connectivity index (χ0v) is 21.1. The smallest absolute Gasteiger partial charge is 0.272 e. The number of likely N-dealkylation sites (tertiary alicyclic amines) is 1. The molecular weight excluding hydrogens is 442 g/mol. The number of aromatic nitrogens is 2. The highest BCUT2D eigenvalue weighted by Gasteiger charge is 2.31. The summed E-state index contributed by atoms with van der Waals surface area (Å²) < 4.78 is 11.1.